The first-order chi connectivity index (χ1) is 16.9. The van der Waals surface area contributed by atoms with Crippen LogP contribution in [0.1, 0.15) is 70.3 Å². The number of nitrogens with zero attached hydrogens (tertiary/aromatic N) is 2. The van der Waals surface area contributed by atoms with E-state index in [1.165, 1.54) is 0 Å². The van der Waals surface area contributed by atoms with Crippen LogP contribution in [0, 0.1) is 5.92 Å². The van der Waals surface area contributed by atoms with E-state index in [0.29, 0.717) is 36.8 Å². The molecule has 1 aliphatic carbocycles. The van der Waals surface area contributed by atoms with Gasteiger partial charge in [0, 0.05) is 12.6 Å². The third-order valence-corrected chi connectivity index (χ3v) is 8.24. The summed E-state index contributed by atoms with van der Waals surface area (Å²) in [5.41, 5.74) is 0.317. The second-order valence-corrected chi connectivity index (χ2v) is 10.2. The van der Waals surface area contributed by atoms with Gasteiger partial charge >= 0.3 is 6.03 Å². The van der Waals surface area contributed by atoms with Gasteiger partial charge in [0.2, 0.25) is 5.91 Å². The molecule has 1 aromatic rings. The van der Waals surface area contributed by atoms with Crippen LogP contribution >= 0.6 is 0 Å². The smallest absolute Gasteiger partial charge is 0.325 e. The lowest BCUT2D eigenvalue weighted by Gasteiger charge is -2.37. The lowest BCUT2D eigenvalue weighted by atomic mass is 9.75. The first-order valence-electron chi connectivity index (χ1n) is 13.0. The van der Waals surface area contributed by atoms with Crippen LogP contribution < -0.4 is 14.8 Å². The predicted molar refractivity (Wildman–Crippen MR) is 132 cm³/mol. The van der Waals surface area contributed by atoms with Crippen LogP contribution in [-0.4, -0.2) is 66.5 Å². The topological polar surface area (TPSA) is 88.2 Å². The molecule has 2 saturated heterocycles. The standard InChI is InChI=1S/C27H39N3O5/c1-4-19-12-14-27(15-13-19)25(32)30(26(33)28-27)18-24(31)29-16-6-5-7-21(29)10-8-20-9-11-22(34-2)23(17-20)35-3/h9,11,17,19,21H,4-8,10,12-16,18H2,1-3H3,(H,28,33)/t19?,21-,27?/m0/s1. The third-order valence-electron chi connectivity index (χ3n) is 8.24. The Labute approximate surface area is 208 Å². The van der Waals surface area contributed by atoms with Crippen molar-refractivity contribution in [3.63, 3.8) is 0 Å². The van der Waals surface area contributed by atoms with Crippen molar-refractivity contribution in [2.45, 2.75) is 82.7 Å². The lowest BCUT2D eigenvalue weighted by molar-refractivity contribution is -0.141. The molecule has 2 heterocycles. The molecule has 1 aromatic carbocycles. The Morgan fingerprint density at radius 3 is 2.51 bits per heavy atom. The number of carbonyl (C=O) groups excluding carboxylic acids is 3. The van der Waals surface area contributed by atoms with E-state index < -0.39 is 11.6 Å². The summed E-state index contributed by atoms with van der Waals surface area (Å²) < 4.78 is 10.7. The minimum Gasteiger partial charge on any atom is -0.493 e. The van der Waals surface area contributed by atoms with E-state index in [1.807, 2.05) is 23.1 Å². The van der Waals surface area contributed by atoms with Crippen molar-refractivity contribution in [1.29, 1.82) is 0 Å². The van der Waals surface area contributed by atoms with Gasteiger partial charge in [-0.2, -0.15) is 0 Å². The maximum atomic E-state index is 13.3. The third kappa shape index (κ3) is 5.26. The number of carbonyl (C=O) groups is 3. The molecule has 2 aliphatic heterocycles. The second kappa shape index (κ2) is 10.9. The molecule has 4 amide bonds. The molecule has 192 valence electrons. The fraction of sp³-hybridized carbons (Fsp3) is 0.667. The summed E-state index contributed by atoms with van der Waals surface area (Å²) in [5.74, 6) is 1.65. The number of hydrogen-bond acceptors (Lipinski definition) is 5. The van der Waals surface area contributed by atoms with E-state index in [4.69, 9.17) is 9.47 Å². The van der Waals surface area contributed by atoms with Gasteiger partial charge in [0.1, 0.15) is 12.1 Å². The first-order valence-corrected chi connectivity index (χ1v) is 13.0. The van der Waals surface area contributed by atoms with Crippen molar-refractivity contribution in [1.82, 2.24) is 15.1 Å². The van der Waals surface area contributed by atoms with Gasteiger partial charge in [0.25, 0.3) is 5.91 Å². The van der Waals surface area contributed by atoms with E-state index in [0.717, 1.165) is 61.8 Å². The maximum absolute atomic E-state index is 13.3. The lowest BCUT2D eigenvalue weighted by Crippen LogP contribution is -2.51. The average molecular weight is 486 g/mol. The second-order valence-electron chi connectivity index (χ2n) is 10.2. The molecule has 1 N–H and O–H groups in total. The van der Waals surface area contributed by atoms with Gasteiger partial charge in [0.05, 0.1) is 14.2 Å². The zero-order valence-electron chi connectivity index (χ0n) is 21.3. The molecule has 35 heavy (non-hydrogen) atoms. The Bertz CT molecular complexity index is 941. The van der Waals surface area contributed by atoms with Gasteiger partial charge in [-0.05, 0) is 81.4 Å². The maximum Gasteiger partial charge on any atom is 0.325 e. The molecule has 0 bridgehead atoms. The summed E-state index contributed by atoms with van der Waals surface area (Å²) in [5, 5.41) is 2.94. The van der Waals surface area contributed by atoms with E-state index in [9.17, 15) is 14.4 Å². The first kappa shape index (κ1) is 25.3. The fourth-order valence-corrected chi connectivity index (χ4v) is 5.96. The molecule has 1 saturated carbocycles. The SMILES string of the molecule is CCC1CCC2(CC1)NC(=O)N(CC(=O)N1CCCC[C@H]1CCc1ccc(OC)c(OC)c1)C2=O. The number of rotatable bonds is 8. The van der Waals surface area contributed by atoms with E-state index in [2.05, 4.69) is 12.2 Å². The van der Waals surface area contributed by atoms with E-state index in [-0.39, 0.29) is 24.4 Å². The molecule has 1 atom stereocenters. The Morgan fingerprint density at radius 1 is 1.09 bits per heavy atom. The number of likely N-dealkylation sites (tertiary alicyclic amines) is 1. The van der Waals surface area contributed by atoms with Gasteiger partial charge in [0.15, 0.2) is 11.5 Å². The van der Waals surface area contributed by atoms with Crippen LogP contribution in [0.2, 0.25) is 0 Å². The van der Waals surface area contributed by atoms with Gasteiger partial charge in [-0.15, -0.1) is 0 Å². The minimum atomic E-state index is -0.808. The van der Waals surface area contributed by atoms with Crippen molar-refractivity contribution < 1.29 is 23.9 Å². The normalized spacial score (nSPS) is 26.7. The number of methoxy groups -OCH3 is 2. The average Bonchev–Trinajstić information content (AvgIpc) is 3.11. The van der Waals surface area contributed by atoms with Crippen molar-refractivity contribution in [2.75, 3.05) is 27.3 Å². The van der Waals surface area contributed by atoms with Crippen molar-refractivity contribution >= 4 is 17.8 Å². The van der Waals surface area contributed by atoms with Crippen LogP contribution in [0.4, 0.5) is 4.79 Å². The number of benzene rings is 1. The highest BCUT2D eigenvalue weighted by Gasteiger charge is 2.52. The van der Waals surface area contributed by atoms with E-state index >= 15 is 0 Å². The van der Waals surface area contributed by atoms with Crippen LogP contribution in [0.15, 0.2) is 18.2 Å². The number of aryl methyl sites for hydroxylation is 1. The number of urea groups is 1. The van der Waals surface area contributed by atoms with Gasteiger partial charge in [-0.1, -0.05) is 19.4 Å². The number of piperidine rings is 1. The van der Waals surface area contributed by atoms with Crippen LogP contribution in [0.5, 0.6) is 11.5 Å². The van der Waals surface area contributed by atoms with Crippen molar-refractivity contribution in [3.05, 3.63) is 23.8 Å². The summed E-state index contributed by atoms with van der Waals surface area (Å²) >= 11 is 0. The zero-order valence-corrected chi connectivity index (χ0v) is 21.3. The number of ether oxygens (including phenoxy) is 2. The fourth-order valence-electron chi connectivity index (χ4n) is 5.96. The van der Waals surface area contributed by atoms with Gasteiger partial charge in [-0.25, -0.2) is 4.79 Å². The van der Waals surface area contributed by atoms with Crippen LogP contribution in [0.25, 0.3) is 0 Å². The summed E-state index contributed by atoms with van der Waals surface area (Å²) in [6, 6.07) is 5.58. The quantitative estimate of drug-likeness (QED) is 0.564. The largest absolute Gasteiger partial charge is 0.493 e. The molecule has 0 unspecified atom stereocenters. The molecule has 1 spiro atoms. The van der Waals surface area contributed by atoms with Crippen LogP contribution in [-0.2, 0) is 16.0 Å². The highest BCUT2D eigenvalue weighted by atomic mass is 16.5. The summed E-state index contributed by atoms with van der Waals surface area (Å²) in [7, 11) is 3.24. The molecule has 0 aromatic heterocycles. The van der Waals surface area contributed by atoms with Crippen molar-refractivity contribution in [3.8, 4) is 11.5 Å². The summed E-state index contributed by atoms with van der Waals surface area (Å²) in [6.07, 6.45) is 8.89. The zero-order chi connectivity index (χ0) is 25.0. The number of hydrogen-bond donors (Lipinski definition) is 1. The molecule has 3 aliphatic rings. The highest BCUT2D eigenvalue weighted by molar-refractivity contribution is 6.09. The monoisotopic (exact) mass is 485 g/mol. The summed E-state index contributed by atoms with van der Waals surface area (Å²) in [4.78, 5) is 42.4. The molecule has 3 fully saturated rings. The van der Waals surface area contributed by atoms with E-state index in [1.54, 1.807) is 14.2 Å². The predicted octanol–water partition coefficient (Wildman–Crippen LogP) is 3.91. The Hall–Kier alpha value is -2.77. The molecule has 8 heteroatoms. The number of nitrogens with one attached hydrogen (secondary N) is 1. The van der Waals surface area contributed by atoms with Crippen molar-refractivity contribution in [2.24, 2.45) is 5.92 Å². The Morgan fingerprint density at radius 2 is 1.83 bits per heavy atom. The molecule has 8 nitrogen and oxygen atoms in total. The Balaban J connectivity index is 1.38. The Kier molecular flexibility index (Phi) is 7.87. The number of amides is 4. The molecule has 4 rings (SSSR count). The van der Waals surface area contributed by atoms with Gasteiger partial charge in [-0.3, -0.25) is 14.5 Å². The number of imide groups is 1. The molecular formula is C27H39N3O5. The van der Waals surface area contributed by atoms with Gasteiger partial charge < -0.3 is 19.7 Å². The molecular weight excluding hydrogens is 446 g/mol. The molecule has 0 radical (unpaired) electrons. The minimum absolute atomic E-state index is 0.0964. The highest BCUT2D eigenvalue weighted by Crippen LogP contribution is 2.38. The van der Waals surface area contributed by atoms with Crippen LogP contribution in [0.3, 0.4) is 0 Å². The summed E-state index contributed by atoms with van der Waals surface area (Å²) in [6.45, 7) is 2.67.